The monoisotopic (exact) mass is 491 g/mol. The van der Waals surface area contributed by atoms with Crippen LogP contribution in [-0.2, 0) is 17.6 Å². The number of amides is 1. The summed E-state index contributed by atoms with van der Waals surface area (Å²) in [6, 6.07) is 11.9. The number of para-hydroxylation sites is 2. The van der Waals surface area contributed by atoms with E-state index in [1.807, 2.05) is 36.4 Å². The molecule has 0 saturated carbocycles. The van der Waals surface area contributed by atoms with Gasteiger partial charge in [-0.25, -0.2) is 9.97 Å². The Balaban J connectivity index is 1.23. The van der Waals surface area contributed by atoms with Crippen molar-refractivity contribution in [1.29, 1.82) is 0 Å². The molecule has 34 heavy (non-hydrogen) atoms. The highest BCUT2D eigenvalue weighted by Crippen LogP contribution is 2.44. The van der Waals surface area contributed by atoms with E-state index in [0.29, 0.717) is 5.02 Å². The number of nitrogens with one attached hydrogen (secondary N) is 2. The van der Waals surface area contributed by atoms with Crippen LogP contribution in [0.5, 0.6) is 0 Å². The van der Waals surface area contributed by atoms with Gasteiger partial charge < -0.3 is 15.2 Å². The van der Waals surface area contributed by atoms with E-state index in [1.165, 1.54) is 23.3 Å². The molecule has 2 N–H and O–H groups in total. The van der Waals surface area contributed by atoms with Gasteiger partial charge in [-0.3, -0.25) is 4.79 Å². The van der Waals surface area contributed by atoms with Crippen LogP contribution in [0.3, 0.4) is 0 Å². The first-order chi connectivity index (χ1) is 16.7. The minimum atomic E-state index is -0.00815. The van der Waals surface area contributed by atoms with Crippen LogP contribution in [0.25, 0.3) is 22.4 Å². The molecule has 1 fully saturated rings. The molecular formula is C26H26ClN5OS. The molecule has 1 aliphatic carbocycles. The molecule has 1 aliphatic heterocycles. The smallest absolute Gasteiger partial charge is 0.228 e. The zero-order chi connectivity index (χ0) is 23.1. The lowest BCUT2D eigenvalue weighted by Gasteiger charge is -2.32. The van der Waals surface area contributed by atoms with Crippen LogP contribution < -0.4 is 10.2 Å². The van der Waals surface area contributed by atoms with Gasteiger partial charge in [-0.05, 0) is 68.4 Å². The maximum Gasteiger partial charge on any atom is 0.228 e. The predicted octanol–water partition coefficient (Wildman–Crippen LogP) is 6.07. The zero-order valence-electron chi connectivity index (χ0n) is 18.8. The van der Waals surface area contributed by atoms with Crippen LogP contribution in [0.15, 0.2) is 42.6 Å². The SMILES string of the molecule is O=C(Nc1sc2c(c1-c1nc3ccccc3[nH]1)CCCC2)C1CCN(c2ccc(Cl)cn2)CC1. The Hall–Kier alpha value is -2.90. The highest BCUT2D eigenvalue weighted by atomic mass is 35.5. The van der Waals surface area contributed by atoms with Crippen LogP contribution in [0.1, 0.15) is 36.1 Å². The van der Waals surface area contributed by atoms with Crippen molar-refractivity contribution in [2.75, 3.05) is 23.3 Å². The summed E-state index contributed by atoms with van der Waals surface area (Å²) in [6.07, 6.45) is 7.80. The summed E-state index contributed by atoms with van der Waals surface area (Å²) >= 11 is 7.70. The molecule has 8 heteroatoms. The molecule has 0 bridgehead atoms. The molecule has 2 aliphatic rings. The zero-order valence-corrected chi connectivity index (χ0v) is 20.4. The lowest BCUT2D eigenvalue weighted by Crippen LogP contribution is -2.38. The first-order valence-corrected chi connectivity index (χ1v) is 13.1. The number of aromatic nitrogens is 3. The van der Waals surface area contributed by atoms with Crippen LogP contribution in [0.2, 0.25) is 5.02 Å². The van der Waals surface area contributed by atoms with Crippen LogP contribution >= 0.6 is 22.9 Å². The normalized spacial score (nSPS) is 16.6. The number of H-pyrrole nitrogens is 1. The van der Waals surface area contributed by atoms with Crippen molar-refractivity contribution in [1.82, 2.24) is 15.0 Å². The van der Waals surface area contributed by atoms with Gasteiger partial charge in [0.1, 0.15) is 16.6 Å². The number of pyridine rings is 1. The fourth-order valence-corrected chi connectivity index (χ4v) is 6.52. The van der Waals surface area contributed by atoms with Crippen molar-refractivity contribution < 1.29 is 4.79 Å². The number of imidazole rings is 1. The number of aryl methyl sites for hydroxylation is 1. The number of anilines is 2. The van der Waals surface area contributed by atoms with Crippen molar-refractivity contribution in [3.8, 4) is 11.4 Å². The van der Waals surface area contributed by atoms with Crippen LogP contribution in [-0.4, -0.2) is 33.9 Å². The molecule has 0 atom stereocenters. The van der Waals surface area contributed by atoms with Gasteiger partial charge in [-0.1, -0.05) is 23.7 Å². The van der Waals surface area contributed by atoms with Crippen LogP contribution in [0, 0.1) is 5.92 Å². The molecule has 1 aromatic carbocycles. The van der Waals surface area contributed by atoms with Crippen molar-refractivity contribution in [2.45, 2.75) is 38.5 Å². The Labute approximate surface area is 207 Å². The van der Waals surface area contributed by atoms with Gasteiger partial charge in [0, 0.05) is 30.1 Å². The van der Waals surface area contributed by atoms with E-state index in [1.54, 1.807) is 17.5 Å². The number of carbonyl (C=O) groups is 1. The summed E-state index contributed by atoms with van der Waals surface area (Å²) in [7, 11) is 0. The van der Waals surface area contributed by atoms with Gasteiger partial charge in [0.15, 0.2) is 0 Å². The molecule has 4 aromatic rings. The molecule has 174 valence electrons. The lowest BCUT2D eigenvalue weighted by molar-refractivity contribution is -0.120. The highest BCUT2D eigenvalue weighted by molar-refractivity contribution is 7.17. The Morgan fingerprint density at radius 2 is 1.94 bits per heavy atom. The second-order valence-electron chi connectivity index (χ2n) is 9.10. The number of rotatable bonds is 4. The number of fused-ring (bicyclic) bond motifs is 2. The largest absolute Gasteiger partial charge is 0.357 e. The topological polar surface area (TPSA) is 73.9 Å². The molecular weight excluding hydrogens is 466 g/mol. The van der Waals surface area contributed by atoms with E-state index in [2.05, 4.69) is 20.2 Å². The van der Waals surface area contributed by atoms with E-state index in [9.17, 15) is 4.79 Å². The number of aromatic amines is 1. The summed E-state index contributed by atoms with van der Waals surface area (Å²) in [5.74, 6) is 1.88. The van der Waals surface area contributed by atoms with Gasteiger partial charge >= 0.3 is 0 Å². The average molecular weight is 492 g/mol. The standard InChI is InChI=1S/C26H26ClN5OS/c27-17-9-10-22(28-15-17)32-13-11-16(12-14-32)25(33)31-26-23(18-5-1-4-8-21(18)34-26)24-29-19-6-2-3-7-20(19)30-24/h2-3,6-7,9-10,15-16H,1,4-5,8,11-14H2,(H,29,30)(H,31,33). The summed E-state index contributed by atoms with van der Waals surface area (Å²) in [5, 5.41) is 4.89. The van der Waals surface area contributed by atoms with Crippen LogP contribution in [0.4, 0.5) is 10.8 Å². The number of halogens is 1. The number of benzene rings is 1. The Kier molecular flexibility index (Phi) is 5.75. The third-order valence-corrected chi connectivity index (χ3v) is 8.37. The molecule has 3 aromatic heterocycles. The third-order valence-electron chi connectivity index (χ3n) is 6.94. The molecule has 0 spiro atoms. The highest BCUT2D eigenvalue weighted by Gasteiger charge is 2.29. The third kappa shape index (κ3) is 4.07. The van der Waals surface area contributed by atoms with E-state index >= 15 is 0 Å². The first-order valence-electron chi connectivity index (χ1n) is 11.9. The molecule has 6 nitrogen and oxygen atoms in total. The maximum absolute atomic E-state index is 13.3. The predicted molar refractivity (Wildman–Crippen MR) is 139 cm³/mol. The Bertz CT molecular complexity index is 1300. The summed E-state index contributed by atoms with van der Waals surface area (Å²) in [6.45, 7) is 1.62. The summed E-state index contributed by atoms with van der Waals surface area (Å²) in [5.41, 5.74) is 4.42. The maximum atomic E-state index is 13.3. The molecule has 0 radical (unpaired) electrons. The Morgan fingerprint density at radius 3 is 2.74 bits per heavy atom. The van der Waals surface area contributed by atoms with Gasteiger partial charge in [0.05, 0.1) is 21.6 Å². The van der Waals surface area contributed by atoms with Crippen molar-refractivity contribution in [3.05, 3.63) is 58.1 Å². The van der Waals surface area contributed by atoms with Crippen molar-refractivity contribution in [3.63, 3.8) is 0 Å². The minimum Gasteiger partial charge on any atom is -0.357 e. The number of thiophene rings is 1. The second kappa shape index (κ2) is 9.04. The van der Waals surface area contributed by atoms with E-state index < -0.39 is 0 Å². The number of piperidine rings is 1. The summed E-state index contributed by atoms with van der Waals surface area (Å²) < 4.78 is 0. The van der Waals surface area contributed by atoms with E-state index in [4.69, 9.17) is 16.6 Å². The first kappa shape index (κ1) is 21.6. The molecule has 0 unspecified atom stereocenters. The van der Waals surface area contributed by atoms with Gasteiger partial charge in [-0.2, -0.15) is 0 Å². The lowest BCUT2D eigenvalue weighted by atomic mass is 9.94. The number of hydrogen-bond donors (Lipinski definition) is 2. The second-order valence-corrected chi connectivity index (χ2v) is 10.6. The average Bonchev–Trinajstić information content (AvgIpc) is 3.45. The molecule has 6 rings (SSSR count). The van der Waals surface area contributed by atoms with Gasteiger partial charge in [0.2, 0.25) is 5.91 Å². The fraction of sp³-hybridized carbons (Fsp3) is 0.346. The van der Waals surface area contributed by atoms with Gasteiger partial charge in [0.25, 0.3) is 0 Å². The number of nitrogens with zero attached hydrogens (tertiary/aromatic N) is 3. The Morgan fingerprint density at radius 1 is 1.12 bits per heavy atom. The minimum absolute atomic E-state index is 0.00815. The summed E-state index contributed by atoms with van der Waals surface area (Å²) in [4.78, 5) is 29.7. The van der Waals surface area contributed by atoms with Gasteiger partial charge in [-0.15, -0.1) is 11.3 Å². The number of carbonyl (C=O) groups excluding carboxylic acids is 1. The molecule has 1 saturated heterocycles. The number of hydrogen-bond acceptors (Lipinski definition) is 5. The van der Waals surface area contributed by atoms with E-state index in [0.717, 1.165) is 72.0 Å². The van der Waals surface area contributed by atoms with Crippen molar-refractivity contribution in [2.24, 2.45) is 5.92 Å². The molecule has 1 amide bonds. The van der Waals surface area contributed by atoms with Crippen molar-refractivity contribution >= 4 is 50.7 Å². The molecule has 4 heterocycles. The fourth-order valence-electron chi connectivity index (χ4n) is 5.12. The van der Waals surface area contributed by atoms with E-state index in [-0.39, 0.29) is 11.8 Å². The quantitative estimate of drug-likeness (QED) is 0.363.